The van der Waals surface area contributed by atoms with Gasteiger partial charge < -0.3 is 4.74 Å². The Hall–Kier alpha value is -1.48. The van der Waals surface area contributed by atoms with Crippen molar-refractivity contribution in [2.75, 3.05) is 13.2 Å². The highest BCUT2D eigenvalue weighted by Crippen LogP contribution is 2.22. The van der Waals surface area contributed by atoms with Crippen molar-refractivity contribution in [1.29, 1.82) is 0 Å². The molecular formula is C12H11FO2. The summed E-state index contributed by atoms with van der Waals surface area (Å²) in [5, 5.41) is 0. The maximum absolute atomic E-state index is 13.5. The molecule has 0 bridgehead atoms. The second kappa shape index (κ2) is 4.36. The van der Waals surface area contributed by atoms with Gasteiger partial charge in [-0.05, 0) is 30.2 Å². The van der Waals surface area contributed by atoms with Crippen LogP contribution in [0.3, 0.4) is 0 Å². The molecule has 1 aromatic carbocycles. The summed E-state index contributed by atoms with van der Waals surface area (Å²) in [5.74, 6) is -0.308. The van der Waals surface area contributed by atoms with Crippen LogP contribution in [0.25, 0.3) is 5.57 Å². The van der Waals surface area contributed by atoms with E-state index in [9.17, 15) is 9.18 Å². The van der Waals surface area contributed by atoms with Gasteiger partial charge in [-0.3, -0.25) is 4.79 Å². The van der Waals surface area contributed by atoms with Gasteiger partial charge in [0.05, 0.1) is 13.2 Å². The van der Waals surface area contributed by atoms with Crippen molar-refractivity contribution < 1.29 is 13.9 Å². The molecule has 78 valence electrons. The molecule has 0 amide bonds. The number of carbonyl (C=O) groups excluding carboxylic acids is 1. The third-order valence-corrected chi connectivity index (χ3v) is 2.38. The molecule has 2 rings (SSSR count). The largest absolute Gasteiger partial charge is 0.376 e. The van der Waals surface area contributed by atoms with Crippen LogP contribution in [0, 0.1) is 5.82 Å². The zero-order valence-corrected chi connectivity index (χ0v) is 8.20. The lowest BCUT2D eigenvalue weighted by atomic mass is 10.0. The van der Waals surface area contributed by atoms with Crippen molar-refractivity contribution in [2.24, 2.45) is 0 Å². The molecule has 0 saturated carbocycles. The topological polar surface area (TPSA) is 26.3 Å². The molecule has 0 aromatic heterocycles. The molecule has 15 heavy (non-hydrogen) atoms. The second-order valence-electron chi connectivity index (χ2n) is 3.43. The minimum atomic E-state index is -0.308. The lowest BCUT2D eigenvalue weighted by Gasteiger charge is -2.14. The summed E-state index contributed by atoms with van der Waals surface area (Å²) in [6.07, 6.45) is 3.46. The fourth-order valence-corrected chi connectivity index (χ4v) is 1.61. The SMILES string of the molecule is O=Cc1ccc(F)c(C2=CCCOC2)c1. The molecule has 2 nitrogen and oxygen atoms in total. The average Bonchev–Trinajstić information content (AvgIpc) is 2.31. The minimum absolute atomic E-state index is 0.308. The molecule has 0 aliphatic carbocycles. The Morgan fingerprint density at radius 3 is 2.93 bits per heavy atom. The molecule has 0 unspecified atom stereocenters. The normalized spacial score (nSPS) is 15.9. The smallest absolute Gasteiger partial charge is 0.150 e. The van der Waals surface area contributed by atoms with Crippen molar-refractivity contribution in [3.05, 3.63) is 41.2 Å². The summed E-state index contributed by atoms with van der Waals surface area (Å²) in [7, 11) is 0. The summed E-state index contributed by atoms with van der Waals surface area (Å²) < 4.78 is 18.7. The van der Waals surface area contributed by atoms with Crippen LogP contribution < -0.4 is 0 Å². The Morgan fingerprint density at radius 2 is 2.27 bits per heavy atom. The fourth-order valence-electron chi connectivity index (χ4n) is 1.61. The molecule has 1 aromatic rings. The maximum Gasteiger partial charge on any atom is 0.150 e. The van der Waals surface area contributed by atoms with Gasteiger partial charge in [0.15, 0.2) is 0 Å². The van der Waals surface area contributed by atoms with Crippen molar-refractivity contribution in [1.82, 2.24) is 0 Å². The number of hydrogen-bond acceptors (Lipinski definition) is 2. The number of carbonyl (C=O) groups is 1. The highest BCUT2D eigenvalue weighted by Gasteiger charge is 2.11. The monoisotopic (exact) mass is 206 g/mol. The highest BCUT2D eigenvalue weighted by atomic mass is 19.1. The van der Waals surface area contributed by atoms with E-state index in [4.69, 9.17) is 4.74 Å². The second-order valence-corrected chi connectivity index (χ2v) is 3.43. The third kappa shape index (κ3) is 2.13. The van der Waals surface area contributed by atoms with Gasteiger partial charge in [0.25, 0.3) is 0 Å². The van der Waals surface area contributed by atoms with Crippen molar-refractivity contribution in [3.63, 3.8) is 0 Å². The fraction of sp³-hybridized carbons (Fsp3) is 0.250. The first-order valence-corrected chi connectivity index (χ1v) is 4.83. The number of rotatable bonds is 2. The van der Waals surface area contributed by atoms with Crippen LogP contribution in [-0.4, -0.2) is 19.5 Å². The van der Waals surface area contributed by atoms with E-state index in [1.807, 2.05) is 6.08 Å². The summed E-state index contributed by atoms with van der Waals surface area (Å²) in [4.78, 5) is 10.6. The Bertz CT molecular complexity index is 410. The zero-order valence-electron chi connectivity index (χ0n) is 8.20. The maximum atomic E-state index is 13.5. The average molecular weight is 206 g/mol. The van der Waals surface area contributed by atoms with Crippen molar-refractivity contribution in [3.8, 4) is 0 Å². The van der Waals surface area contributed by atoms with Gasteiger partial charge in [0, 0.05) is 11.1 Å². The van der Waals surface area contributed by atoms with Crippen LogP contribution in [0.5, 0.6) is 0 Å². The van der Waals surface area contributed by atoms with E-state index in [-0.39, 0.29) is 5.82 Å². The first-order chi connectivity index (χ1) is 7.31. The summed E-state index contributed by atoms with van der Waals surface area (Å²) in [6, 6.07) is 4.34. The van der Waals surface area contributed by atoms with E-state index in [1.165, 1.54) is 12.1 Å². The van der Waals surface area contributed by atoms with Gasteiger partial charge in [0.1, 0.15) is 12.1 Å². The van der Waals surface area contributed by atoms with Gasteiger partial charge in [-0.1, -0.05) is 6.08 Å². The molecule has 0 radical (unpaired) electrons. The van der Waals surface area contributed by atoms with Crippen LogP contribution in [0.4, 0.5) is 4.39 Å². The summed E-state index contributed by atoms with van der Waals surface area (Å²) >= 11 is 0. The van der Waals surface area contributed by atoms with Gasteiger partial charge in [-0.2, -0.15) is 0 Å². The van der Waals surface area contributed by atoms with Crippen LogP contribution in [0.15, 0.2) is 24.3 Å². The van der Waals surface area contributed by atoms with E-state index in [0.717, 1.165) is 12.0 Å². The zero-order chi connectivity index (χ0) is 10.7. The number of ether oxygens (including phenoxy) is 1. The first-order valence-electron chi connectivity index (χ1n) is 4.83. The quantitative estimate of drug-likeness (QED) is 0.695. The van der Waals surface area contributed by atoms with E-state index in [1.54, 1.807) is 6.07 Å². The predicted molar refractivity (Wildman–Crippen MR) is 55.2 cm³/mol. The first kappa shape index (κ1) is 10.1. The summed E-state index contributed by atoms with van der Waals surface area (Å²) in [6.45, 7) is 1.09. The van der Waals surface area contributed by atoms with Crippen LogP contribution in [-0.2, 0) is 4.74 Å². The van der Waals surface area contributed by atoms with E-state index in [2.05, 4.69) is 0 Å². The molecule has 1 aliphatic heterocycles. The van der Waals surface area contributed by atoms with Gasteiger partial charge >= 0.3 is 0 Å². The number of aldehydes is 1. The number of benzene rings is 1. The Morgan fingerprint density at radius 1 is 1.40 bits per heavy atom. The van der Waals surface area contributed by atoms with Gasteiger partial charge in [-0.15, -0.1) is 0 Å². The van der Waals surface area contributed by atoms with E-state index in [0.29, 0.717) is 30.6 Å². The lowest BCUT2D eigenvalue weighted by molar-refractivity contribution is 0.112. The van der Waals surface area contributed by atoms with Gasteiger partial charge in [0.2, 0.25) is 0 Å². The van der Waals surface area contributed by atoms with Gasteiger partial charge in [-0.25, -0.2) is 4.39 Å². The summed E-state index contributed by atoms with van der Waals surface area (Å²) in [5.41, 5.74) is 1.78. The highest BCUT2D eigenvalue weighted by molar-refractivity contribution is 5.78. The molecule has 0 fully saturated rings. The molecule has 1 aliphatic rings. The van der Waals surface area contributed by atoms with Crippen molar-refractivity contribution >= 4 is 11.9 Å². The number of halogens is 1. The molecule has 3 heteroatoms. The standard InChI is InChI=1S/C12H11FO2/c13-12-4-3-9(7-14)6-11(12)10-2-1-5-15-8-10/h2-4,6-7H,1,5,8H2. The molecule has 0 atom stereocenters. The Balaban J connectivity index is 2.41. The van der Waals surface area contributed by atoms with Crippen LogP contribution in [0.1, 0.15) is 22.3 Å². The molecule has 0 N–H and O–H groups in total. The van der Waals surface area contributed by atoms with E-state index < -0.39 is 0 Å². The number of hydrogen-bond donors (Lipinski definition) is 0. The van der Waals surface area contributed by atoms with Crippen LogP contribution in [0.2, 0.25) is 0 Å². The minimum Gasteiger partial charge on any atom is -0.376 e. The lowest BCUT2D eigenvalue weighted by Crippen LogP contribution is -2.06. The Kier molecular flexibility index (Phi) is 2.92. The molecule has 0 spiro atoms. The van der Waals surface area contributed by atoms with Crippen LogP contribution >= 0.6 is 0 Å². The van der Waals surface area contributed by atoms with E-state index >= 15 is 0 Å². The predicted octanol–water partition coefficient (Wildman–Crippen LogP) is 2.44. The Labute approximate surface area is 87.4 Å². The molecule has 1 heterocycles. The third-order valence-electron chi connectivity index (χ3n) is 2.38. The molecule has 0 saturated heterocycles. The molecular weight excluding hydrogens is 195 g/mol. The van der Waals surface area contributed by atoms with Crippen molar-refractivity contribution in [2.45, 2.75) is 6.42 Å².